The van der Waals surface area contributed by atoms with Crippen LogP contribution in [0.15, 0.2) is 24.3 Å². The number of benzene rings is 2. The van der Waals surface area contributed by atoms with Crippen LogP contribution in [0.4, 0.5) is 0 Å². The third kappa shape index (κ3) is 1.50. The lowest BCUT2D eigenvalue weighted by Crippen LogP contribution is -1.97. The maximum absolute atomic E-state index is 10.2. The Hall–Kier alpha value is -1.34. The lowest BCUT2D eigenvalue weighted by molar-refractivity contribution is 0.481. The first-order valence-electron chi connectivity index (χ1n) is 6.27. The van der Waals surface area contributed by atoms with Crippen molar-refractivity contribution in [2.75, 3.05) is 5.88 Å². The van der Waals surface area contributed by atoms with Gasteiger partial charge >= 0.3 is 0 Å². The van der Waals surface area contributed by atoms with Crippen molar-refractivity contribution in [3.05, 3.63) is 46.9 Å². The summed E-state index contributed by atoms with van der Waals surface area (Å²) in [6.07, 6.45) is 1.01. The largest absolute Gasteiger partial charge is 0.520 e. The van der Waals surface area contributed by atoms with Gasteiger partial charge in [0.15, 0.2) is 0 Å². The van der Waals surface area contributed by atoms with Crippen LogP contribution in [0.5, 0.6) is 5.75 Å². The van der Waals surface area contributed by atoms with Crippen molar-refractivity contribution < 1.29 is 5.11 Å². The molecule has 1 atom stereocenters. The zero-order valence-corrected chi connectivity index (χ0v) is 11.4. The number of hydrogen-bond donors (Lipinski definition) is 1. The summed E-state index contributed by atoms with van der Waals surface area (Å²) in [4.78, 5) is 0. The first-order valence-corrected chi connectivity index (χ1v) is 6.81. The zero-order valence-electron chi connectivity index (χ0n) is 10.6. The van der Waals surface area contributed by atoms with Crippen LogP contribution in [0.2, 0.25) is 0 Å². The van der Waals surface area contributed by atoms with Gasteiger partial charge in [-0.3, -0.25) is 0 Å². The molecule has 94 valence electrons. The molecule has 0 heterocycles. The topological polar surface area (TPSA) is 20.2 Å². The van der Waals surface area contributed by atoms with Gasteiger partial charge in [0.2, 0.25) is 0 Å². The predicted octanol–water partition coefficient (Wildman–Crippen LogP) is 4.52. The maximum atomic E-state index is 10.2. The molecular weight excluding hydrogens is 244 g/mol. The third-order valence-corrected chi connectivity index (χ3v) is 4.37. The van der Waals surface area contributed by atoms with Crippen LogP contribution >= 0.6 is 11.6 Å². The number of halogens is 1. The summed E-state index contributed by atoms with van der Waals surface area (Å²) >= 11 is 6.12. The molecule has 0 spiro atoms. The van der Waals surface area contributed by atoms with E-state index in [4.69, 9.17) is 11.6 Å². The fraction of sp³-hybridized carbons (Fsp3) is 0.312. The van der Waals surface area contributed by atoms with E-state index in [1.807, 2.05) is 18.2 Å². The van der Waals surface area contributed by atoms with Gasteiger partial charge in [0.1, 0.15) is 0 Å². The van der Waals surface area contributed by atoms with E-state index in [-0.39, 0.29) is 0 Å². The number of rotatable bonds is 1. The molecule has 1 nitrogen and oxygen atoms in total. The van der Waals surface area contributed by atoms with E-state index >= 15 is 0 Å². The molecule has 0 saturated heterocycles. The van der Waals surface area contributed by atoms with Crippen LogP contribution in [-0.2, 0) is 0 Å². The van der Waals surface area contributed by atoms with E-state index in [0.717, 1.165) is 11.8 Å². The standard InChI is InChI=1S/C16H16ClO/c1-9-4-3-5-12-14(18)7-13-10(2)6-11(8-17)16(13)15(9)12/h3-5,7,11,18H,6,8H2,1-2H3/q-1. The Labute approximate surface area is 112 Å². The molecule has 0 aromatic heterocycles. The number of fused-ring (bicyclic) bond motifs is 3. The highest BCUT2D eigenvalue weighted by atomic mass is 35.5. The average molecular weight is 260 g/mol. The van der Waals surface area contributed by atoms with Crippen molar-refractivity contribution in [1.29, 1.82) is 0 Å². The molecule has 0 saturated carbocycles. The van der Waals surface area contributed by atoms with E-state index in [1.54, 1.807) is 0 Å². The van der Waals surface area contributed by atoms with E-state index in [1.165, 1.54) is 28.0 Å². The molecular formula is C16H16ClO-. The van der Waals surface area contributed by atoms with Crippen molar-refractivity contribution >= 4 is 22.4 Å². The normalized spacial score (nSPS) is 18.4. The summed E-state index contributed by atoms with van der Waals surface area (Å²) in [5, 5.41) is 12.3. The van der Waals surface area contributed by atoms with Crippen LogP contribution in [0.3, 0.4) is 0 Å². The van der Waals surface area contributed by atoms with Crippen LogP contribution in [0.25, 0.3) is 10.8 Å². The summed E-state index contributed by atoms with van der Waals surface area (Å²) in [7, 11) is 0. The summed E-state index contributed by atoms with van der Waals surface area (Å²) in [5.74, 6) is 2.72. The highest BCUT2D eigenvalue weighted by Gasteiger charge is 2.22. The molecule has 0 bridgehead atoms. The first-order chi connectivity index (χ1) is 8.63. The SMILES string of the molecule is Cc1cccc2c(O)cc3c(c12)C(CCl)C[C-]3C. The van der Waals surface area contributed by atoms with Gasteiger partial charge in [0.05, 0.1) is 5.75 Å². The summed E-state index contributed by atoms with van der Waals surface area (Å²) in [5.41, 5.74) is 3.73. The second-order valence-corrected chi connectivity index (χ2v) is 5.50. The Morgan fingerprint density at radius 1 is 1.44 bits per heavy atom. The Morgan fingerprint density at radius 2 is 2.22 bits per heavy atom. The number of aryl methyl sites for hydroxylation is 1. The molecule has 1 N–H and O–H groups in total. The summed E-state index contributed by atoms with van der Waals surface area (Å²) < 4.78 is 0. The van der Waals surface area contributed by atoms with Crippen LogP contribution in [0, 0.1) is 12.8 Å². The first kappa shape index (κ1) is 11.7. The van der Waals surface area contributed by atoms with Gasteiger partial charge in [-0.2, -0.15) is 11.5 Å². The molecule has 2 aromatic carbocycles. The van der Waals surface area contributed by atoms with Gasteiger partial charge < -0.3 is 5.11 Å². The number of alkyl halides is 1. The number of aromatic hydroxyl groups is 1. The average Bonchev–Trinajstić information content (AvgIpc) is 2.67. The minimum absolute atomic E-state index is 0.377. The number of hydrogen-bond acceptors (Lipinski definition) is 1. The van der Waals surface area contributed by atoms with Gasteiger partial charge in [-0.25, -0.2) is 0 Å². The minimum atomic E-state index is 0.377. The predicted molar refractivity (Wildman–Crippen MR) is 76.4 cm³/mol. The molecule has 18 heavy (non-hydrogen) atoms. The molecule has 0 amide bonds. The monoisotopic (exact) mass is 259 g/mol. The summed E-state index contributed by atoms with van der Waals surface area (Å²) in [6.45, 7) is 4.23. The lowest BCUT2D eigenvalue weighted by Gasteiger charge is -2.21. The lowest BCUT2D eigenvalue weighted by atomic mass is 9.92. The molecule has 3 rings (SSSR count). The van der Waals surface area contributed by atoms with E-state index in [9.17, 15) is 5.11 Å². The Kier molecular flexibility index (Phi) is 2.67. The fourth-order valence-corrected chi connectivity index (χ4v) is 3.42. The third-order valence-electron chi connectivity index (χ3n) is 4.00. The Balaban J connectivity index is 2.44. The van der Waals surface area contributed by atoms with Crippen molar-refractivity contribution in [1.82, 2.24) is 0 Å². The minimum Gasteiger partial charge on any atom is -0.520 e. The molecule has 1 aliphatic rings. The van der Waals surface area contributed by atoms with Gasteiger partial charge in [0, 0.05) is 5.88 Å². The zero-order chi connectivity index (χ0) is 12.9. The molecule has 0 fully saturated rings. The highest BCUT2D eigenvalue weighted by Crippen LogP contribution is 2.48. The number of phenolic OH excluding ortho intramolecular Hbond substituents is 1. The van der Waals surface area contributed by atoms with Crippen molar-refractivity contribution in [3.8, 4) is 5.75 Å². The number of phenols is 1. The van der Waals surface area contributed by atoms with Crippen LogP contribution in [-0.4, -0.2) is 11.0 Å². The molecule has 1 unspecified atom stereocenters. The summed E-state index contributed by atoms with van der Waals surface area (Å²) in [6, 6.07) is 7.97. The fourth-order valence-electron chi connectivity index (χ4n) is 3.16. The van der Waals surface area contributed by atoms with E-state index < -0.39 is 0 Å². The quantitative estimate of drug-likeness (QED) is 0.590. The van der Waals surface area contributed by atoms with Gasteiger partial charge in [-0.05, 0) is 12.3 Å². The van der Waals surface area contributed by atoms with Gasteiger partial charge in [-0.1, -0.05) is 48.4 Å². The maximum Gasteiger partial charge on any atom is 0.0684 e. The van der Waals surface area contributed by atoms with Crippen molar-refractivity contribution in [2.45, 2.75) is 26.2 Å². The molecule has 0 aliphatic heterocycles. The van der Waals surface area contributed by atoms with Crippen molar-refractivity contribution in [2.24, 2.45) is 0 Å². The molecule has 1 aliphatic carbocycles. The van der Waals surface area contributed by atoms with E-state index in [2.05, 4.69) is 19.9 Å². The Bertz CT molecular complexity index is 618. The van der Waals surface area contributed by atoms with Crippen molar-refractivity contribution in [3.63, 3.8) is 0 Å². The van der Waals surface area contributed by atoms with Crippen LogP contribution in [0.1, 0.15) is 36.0 Å². The van der Waals surface area contributed by atoms with Gasteiger partial charge in [-0.15, -0.1) is 23.2 Å². The smallest absolute Gasteiger partial charge is 0.0684 e. The van der Waals surface area contributed by atoms with Crippen LogP contribution < -0.4 is 0 Å². The highest BCUT2D eigenvalue weighted by molar-refractivity contribution is 6.18. The van der Waals surface area contributed by atoms with E-state index in [0.29, 0.717) is 17.5 Å². The molecule has 2 aromatic rings. The van der Waals surface area contributed by atoms with Gasteiger partial charge in [0.25, 0.3) is 0 Å². The second kappa shape index (κ2) is 4.10. The second-order valence-electron chi connectivity index (χ2n) is 5.19. The molecule has 0 radical (unpaired) electrons. The molecule has 2 heteroatoms. The Morgan fingerprint density at radius 3 is 2.94 bits per heavy atom.